The molecule has 100 valence electrons. The minimum atomic E-state index is -3.62. The molecular weight excluding hydrogens is 326 g/mol. The molecule has 0 amide bonds. The van der Waals surface area contributed by atoms with Gasteiger partial charge in [0.15, 0.2) is 4.60 Å². The largest absolute Gasteiger partial charge is 0.411 e. The summed E-state index contributed by atoms with van der Waals surface area (Å²) in [7, 11) is -2.10. The lowest BCUT2D eigenvalue weighted by atomic mass is 10.1. The average molecular weight is 338 g/mol. The minimum Gasteiger partial charge on any atom is -0.411 e. The molecule has 1 aromatic rings. The van der Waals surface area contributed by atoms with Crippen LogP contribution in [0.5, 0.6) is 0 Å². The predicted octanol–water partition coefficient (Wildman–Crippen LogP) is 0.192. The van der Waals surface area contributed by atoms with Crippen LogP contribution in [0, 0.1) is 0 Å². The first-order valence-electron chi connectivity index (χ1n) is 5.22. The third kappa shape index (κ3) is 2.27. The van der Waals surface area contributed by atoms with Gasteiger partial charge in [0.05, 0.1) is 5.71 Å². The Hall–Kier alpha value is -1.00. The van der Waals surface area contributed by atoms with E-state index in [0.717, 1.165) is 0 Å². The van der Waals surface area contributed by atoms with E-state index in [2.05, 4.69) is 31.4 Å². The molecule has 2 heterocycles. The van der Waals surface area contributed by atoms with E-state index in [4.69, 9.17) is 5.21 Å². The number of hydrogen-bond donors (Lipinski definition) is 1. The molecule has 1 fully saturated rings. The molecule has 1 aliphatic heterocycles. The third-order valence-corrected chi connectivity index (χ3v) is 5.55. The van der Waals surface area contributed by atoms with Crippen molar-refractivity contribution in [3.63, 3.8) is 0 Å². The van der Waals surface area contributed by atoms with Crippen LogP contribution in [0.1, 0.15) is 12.8 Å². The molecule has 8 nitrogen and oxygen atoms in total. The molecule has 10 heteroatoms. The lowest BCUT2D eigenvalue weighted by Crippen LogP contribution is -2.39. The summed E-state index contributed by atoms with van der Waals surface area (Å²) in [4.78, 5) is 0. The van der Waals surface area contributed by atoms with Crippen molar-refractivity contribution in [3.05, 3.63) is 4.60 Å². The summed E-state index contributed by atoms with van der Waals surface area (Å²) in [6.07, 6.45) is 0.858. The van der Waals surface area contributed by atoms with Crippen molar-refractivity contribution in [2.24, 2.45) is 12.2 Å². The van der Waals surface area contributed by atoms with Crippen LogP contribution < -0.4 is 0 Å². The van der Waals surface area contributed by atoms with E-state index in [9.17, 15) is 8.42 Å². The molecule has 1 aliphatic rings. The quantitative estimate of drug-likeness (QED) is 0.613. The second-order valence-electron chi connectivity index (χ2n) is 3.88. The zero-order valence-corrected chi connectivity index (χ0v) is 12.0. The zero-order chi connectivity index (χ0) is 13.3. The van der Waals surface area contributed by atoms with E-state index < -0.39 is 10.0 Å². The van der Waals surface area contributed by atoms with Crippen molar-refractivity contribution in [2.45, 2.75) is 17.9 Å². The van der Waals surface area contributed by atoms with Crippen molar-refractivity contribution < 1.29 is 13.6 Å². The second kappa shape index (κ2) is 4.94. The van der Waals surface area contributed by atoms with Crippen LogP contribution in [0.15, 0.2) is 14.8 Å². The summed E-state index contributed by atoms with van der Waals surface area (Å²) in [6.45, 7) is 0.582. The first-order chi connectivity index (χ1) is 8.46. The number of rotatable bonds is 2. The van der Waals surface area contributed by atoms with Crippen molar-refractivity contribution in [1.29, 1.82) is 0 Å². The van der Waals surface area contributed by atoms with Crippen molar-refractivity contribution in [1.82, 2.24) is 19.3 Å². The van der Waals surface area contributed by atoms with Crippen molar-refractivity contribution in [3.8, 4) is 0 Å². The highest BCUT2D eigenvalue weighted by molar-refractivity contribution is 9.10. The Labute approximate surface area is 112 Å². The maximum atomic E-state index is 12.4. The van der Waals surface area contributed by atoms with Gasteiger partial charge >= 0.3 is 0 Å². The molecule has 0 radical (unpaired) electrons. The first-order valence-corrected chi connectivity index (χ1v) is 7.45. The van der Waals surface area contributed by atoms with Crippen LogP contribution in [-0.4, -0.2) is 51.7 Å². The number of nitrogens with zero attached hydrogens (tertiary/aromatic N) is 5. The summed E-state index contributed by atoms with van der Waals surface area (Å²) in [5.74, 6) is 0. The standard InChI is InChI=1S/C8H12BrN5O3S/c1-13-8(7(9)10-12-13)18(16,17)14-4-2-6(11-15)3-5-14/h15H,2-5H2,1H3. The molecule has 0 spiro atoms. The van der Waals surface area contributed by atoms with Crippen LogP contribution in [0.4, 0.5) is 0 Å². The average Bonchev–Trinajstić information content (AvgIpc) is 2.69. The molecule has 1 N–H and O–H groups in total. The Morgan fingerprint density at radius 2 is 2.00 bits per heavy atom. The molecule has 1 aromatic heterocycles. The van der Waals surface area contributed by atoms with Crippen LogP contribution in [0.2, 0.25) is 0 Å². The van der Waals surface area contributed by atoms with Crippen LogP contribution in [0.3, 0.4) is 0 Å². The van der Waals surface area contributed by atoms with Gasteiger partial charge in [0.1, 0.15) is 0 Å². The fourth-order valence-electron chi connectivity index (χ4n) is 1.80. The normalized spacial score (nSPS) is 18.0. The Morgan fingerprint density at radius 3 is 2.44 bits per heavy atom. The van der Waals surface area contributed by atoms with E-state index >= 15 is 0 Å². The maximum absolute atomic E-state index is 12.4. The van der Waals surface area contributed by atoms with Crippen LogP contribution >= 0.6 is 15.9 Å². The maximum Gasteiger partial charge on any atom is 0.263 e. The summed E-state index contributed by atoms with van der Waals surface area (Å²) >= 11 is 3.08. The summed E-state index contributed by atoms with van der Waals surface area (Å²) < 4.78 is 27.5. The predicted molar refractivity (Wildman–Crippen MR) is 65.9 cm³/mol. The minimum absolute atomic E-state index is 0.0342. The van der Waals surface area contributed by atoms with E-state index in [1.165, 1.54) is 16.0 Å². The number of piperidine rings is 1. The smallest absolute Gasteiger partial charge is 0.263 e. The summed E-state index contributed by atoms with van der Waals surface area (Å²) in [5, 5.41) is 19.1. The Bertz CT molecular complexity index is 552. The molecule has 0 unspecified atom stereocenters. The van der Waals surface area contributed by atoms with E-state index in [1.807, 2.05) is 0 Å². The van der Waals surface area contributed by atoms with Gasteiger partial charge in [-0.15, -0.1) is 5.10 Å². The highest BCUT2D eigenvalue weighted by Gasteiger charge is 2.32. The molecule has 0 aliphatic carbocycles. The Morgan fingerprint density at radius 1 is 1.39 bits per heavy atom. The van der Waals surface area contributed by atoms with Gasteiger partial charge in [-0.05, 0) is 15.9 Å². The molecule has 2 rings (SSSR count). The summed E-state index contributed by atoms with van der Waals surface area (Å²) in [5.41, 5.74) is 0.614. The van der Waals surface area contributed by atoms with Gasteiger partial charge in [0.2, 0.25) is 5.03 Å². The van der Waals surface area contributed by atoms with Gasteiger partial charge in [-0.2, -0.15) is 4.31 Å². The van der Waals surface area contributed by atoms with Gasteiger partial charge in [0, 0.05) is 33.0 Å². The Kier molecular flexibility index (Phi) is 3.69. The SMILES string of the molecule is Cn1nnc(Br)c1S(=O)(=O)N1CCC(=NO)CC1. The lowest BCUT2D eigenvalue weighted by Gasteiger charge is -2.26. The van der Waals surface area contributed by atoms with E-state index in [-0.39, 0.29) is 9.63 Å². The number of hydrogen-bond acceptors (Lipinski definition) is 6. The van der Waals surface area contributed by atoms with Gasteiger partial charge in [-0.3, -0.25) is 0 Å². The molecule has 18 heavy (non-hydrogen) atoms. The molecule has 0 aromatic carbocycles. The highest BCUT2D eigenvalue weighted by atomic mass is 79.9. The number of aryl methyl sites for hydroxylation is 1. The van der Waals surface area contributed by atoms with Crippen molar-refractivity contribution >= 4 is 31.7 Å². The van der Waals surface area contributed by atoms with Gasteiger partial charge in [-0.25, -0.2) is 13.1 Å². The highest BCUT2D eigenvalue weighted by Crippen LogP contribution is 2.24. The zero-order valence-electron chi connectivity index (χ0n) is 9.61. The summed E-state index contributed by atoms with van der Waals surface area (Å²) in [6, 6.07) is 0. The first kappa shape index (κ1) is 13.4. The number of halogens is 1. The Balaban J connectivity index is 2.28. The molecule has 1 saturated heterocycles. The molecule has 0 atom stereocenters. The monoisotopic (exact) mass is 337 g/mol. The van der Waals surface area contributed by atoms with E-state index in [0.29, 0.717) is 31.6 Å². The van der Waals surface area contributed by atoms with E-state index in [1.54, 1.807) is 0 Å². The second-order valence-corrected chi connectivity index (χ2v) is 6.48. The van der Waals surface area contributed by atoms with Crippen LogP contribution in [-0.2, 0) is 17.1 Å². The lowest BCUT2D eigenvalue weighted by molar-refractivity contribution is 0.309. The molecule has 0 saturated carbocycles. The van der Waals surface area contributed by atoms with Gasteiger partial charge in [0.25, 0.3) is 10.0 Å². The van der Waals surface area contributed by atoms with Gasteiger partial charge in [-0.1, -0.05) is 10.4 Å². The molecular formula is C8H12BrN5O3S. The number of oxime groups is 1. The van der Waals surface area contributed by atoms with Gasteiger partial charge < -0.3 is 5.21 Å². The fourth-order valence-corrected chi connectivity index (χ4v) is 4.28. The topological polar surface area (TPSA) is 101 Å². The van der Waals surface area contributed by atoms with Crippen LogP contribution in [0.25, 0.3) is 0 Å². The van der Waals surface area contributed by atoms with Crippen molar-refractivity contribution in [2.75, 3.05) is 13.1 Å². The molecule has 0 bridgehead atoms. The number of sulfonamides is 1. The third-order valence-electron chi connectivity index (χ3n) is 2.76. The fraction of sp³-hybridized carbons (Fsp3) is 0.625. The number of aromatic nitrogens is 3.